The van der Waals surface area contributed by atoms with Crippen LogP contribution in [0.3, 0.4) is 0 Å². The van der Waals surface area contributed by atoms with Gasteiger partial charge in [0.1, 0.15) is 4.93 Å². The Labute approximate surface area is 77.3 Å². The van der Waals surface area contributed by atoms with Crippen molar-refractivity contribution >= 4 is 11.8 Å². The quantitative estimate of drug-likeness (QED) is 0.577. The van der Waals surface area contributed by atoms with Gasteiger partial charge < -0.3 is 4.74 Å². The van der Waals surface area contributed by atoms with E-state index in [4.69, 9.17) is 10.00 Å². The summed E-state index contributed by atoms with van der Waals surface area (Å²) in [6, 6.07) is 2.39. The predicted octanol–water partition coefficient (Wildman–Crippen LogP) is 2.16. The Bertz CT molecular complexity index is 205. The number of nitrogens with zero attached hydrogens (tertiary/aromatic N) is 1. The summed E-state index contributed by atoms with van der Waals surface area (Å²) in [5.74, 6) is 1.21. The highest BCUT2D eigenvalue weighted by Gasteiger charge is 2.45. The first-order chi connectivity index (χ1) is 5.87. The second-order valence-electron chi connectivity index (χ2n) is 3.44. The Morgan fingerprint density at radius 2 is 2.42 bits per heavy atom. The number of hydrogen-bond acceptors (Lipinski definition) is 3. The molecule has 0 aromatic rings. The average Bonchev–Trinajstić information content (AvgIpc) is 2.55. The van der Waals surface area contributed by atoms with E-state index in [1.807, 2.05) is 11.8 Å². The van der Waals surface area contributed by atoms with Gasteiger partial charge in [-0.15, -0.1) is 11.8 Å². The molecule has 2 rings (SSSR count). The van der Waals surface area contributed by atoms with E-state index in [0.717, 1.165) is 25.2 Å². The van der Waals surface area contributed by atoms with Crippen molar-refractivity contribution in [2.24, 2.45) is 5.92 Å². The van der Waals surface area contributed by atoms with Crippen LogP contribution in [-0.4, -0.2) is 17.3 Å². The SMILES string of the molecule is N#CC1CCCCC12OCCS2. The van der Waals surface area contributed by atoms with Gasteiger partial charge in [0, 0.05) is 5.75 Å². The molecule has 0 N–H and O–H groups in total. The van der Waals surface area contributed by atoms with Crippen molar-refractivity contribution in [3.63, 3.8) is 0 Å². The van der Waals surface area contributed by atoms with Crippen molar-refractivity contribution < 1.29 is 4.74 Å². The third-order valence-electron chi connectivity index (χ3n) is 2.73. The van der Waals surface area contributed by atoms with Crippen LogP contribution in [0.4, 0.5) is 0 Å². The van der Waals surface area contributed by atoms with Crippen LogP contribution < -0.4 is 0 Å². The Balaban J connectivity index is 2.14. The van der Waals surface area contributed by atoms with E-state index in [2.05, 4.69) is 6.07 Å². The Morgan fingerprint density at radius 1 is 1.50 bits per heavy atom. The minimum Gasteiger partial charge on any atom is -0.362 e. The molecule has 0 radical (unpaired) electrons. The van der Waals surface area contributed by atoms with Crippen molar-refractivity contribution in [2.45, 2.75) is 30.6 Å². The molecule has 2 nitrogen and oxygen atoms in total. The number of nitriles is 1. The molecule has 3 heteroatoms. The van der Waals surface area contributed by atoms with Crippen molar-refractivity contribution in [3.05, 3.63) is 0 Å². The minimum absolute atomic E-state index is 0.104. The Kier molecular flexibility index (Phi) is 2.29. The minimum atomic E-state index is -0.104. The van der Waals surface area contributed by atoms with Gasteiger partial charge in [-0.25, -0.2) is 0 Å². The molecule has 1 saturated carbocycles. The highest BCUT2D eigenvalue weighted by atomic mass is 32.2. The molecular weight excluding hydrogens is 170 g/mol. The number of thioether (sulfide) groups is 1. The van der Waals surface area contributed by atoms with Crippen LogP contribution in [0.2, 0.25) is 0 Å². The van der Waals surface area contributed by atoms with Crippen LogP contribution in [0.25, 0.3) is 0 Å². The van der Waals surface area contributed by atoms with E-state index < -0.39 is 0 Å². The second-order valence-corrected chi connectivity index (χ2v) is 4.82. The third-order valence-corrected chi connectivity index (χ3v) is 4.20. The summed E-state index contributed by atoms with van der Waals surface area (Å²) in [5, 5.41) is 8.97. The lowest BCUT2D eigenvalue weighted by atomic mass is 9.87. The molecule has 1 saturated heterocycles. The molecule has 0 bridgehead atoms. The van der Waals surface area contributed by atoms with Crippen LogP contribution in [0, 0.1) is 17.2 Å². The van der Waals surface area contributed by atoms with Gasteiger partial charge in [-0.05, 0) is 19.3 Å². The van der Waals surface area contributed by atoms with Crippen LogP contribution >= 0.6 is 11.8 Å². The van der Waals surface area contributed by atoms with Gasteiger partial charge in [0.25, 0.3) is 0 Å². The lowest BCUT2D eigenvalue weighted by Crippen LogP contribution is -2.36. The molecule has 12 heavy (non-hydrogen) atoms. The summed E-state index contributed by atoms with van der Waals surface area (Å²) < 4.78 is 5.73. The van der Waals surface area contributed by atoms with Crippen molar-refractivity contribution in [3.8, 4) is 6.07 Å². The Morgan fingerprint density at radius 3 is 3.08 bits per heavy atom. The fraction of sp³-hybridized carbons (Fsp3) is 0.889. The van der Waals surface area contributed by atoms with E-state index >= 15 is 0 Å². The van der Waals surface area contributed by atoms with Gasteiger partial charge in [-0.3, -0.25) is 0 Å². The molecule has 2 atom stereocenters. The fourth-order valence-corrected chi connectivity index (χ4v) is 3.43. The van der Waals surface area contributed by atoms with Crippen molar-refractivity contribution in [2.75, 3.05) is 12.4 Å². The number of ether oxygens (including phenoxy) is 1. The van der Waals surface area contributed by atoms with E-state index in [0.29, 0.717) is 0 Å². The van der Waals surface area contributed by atoms with Gasteiger partial charge in [-0.1, -0.05) is 6.42 Å². The molecule has 1 aliphatic carbocycles. The van der Waals surface area contributed by atoms with Crippen molar-refractivity contribution in [1.82, 2.24) is 0 Å². The monoisotopic (exact) mass is 183 g/mol. The summed E-state index contributed by atoms with van der Waals surface area (Å²) in [6.45, 7) is 0.836. The molecule has 2 fully saturated rings. The molecule has 2 unspecified atom stereocenters. The van der Waals surface area contributed by atoms with Gasteiger partial charge >= 0.3 is 0 Å². The highest BCUT2D eigenvalue weighted by Crippen LogP contribution is 2.47. The third kappa shape index (κ3) is 1.23. The lowest BCUT2D eigenvalue weighted by Gasteiger charge is -2.35. The van der Waals surface area contributed by atoms with Crippen LogP contribution in [0.1, 0.15) is 25.7 Å². The fourth-order valence-electron chi connectivity index (χ4n) is 2.09. The summed E-state index contributed by atoms with van der Waals surface area (Å²) in [6.07, 6.45) is 4.54. The molecule has 0 aromatic heterocycles. The summed E-state index contributed by atoms with van der Waals surface area (Å²) >= 11 is 1.85. The number of hydrogen-bond donors (Lipinski definition) is 0. The summed E-state index contributed by atoms with van der Waals surface area (Å²) in [4.78, 5) is -0.104. The van der Waals surface area contributed by atoms with Gasteiger partial charge in [0.2, 0.25) is 0 Å². The second kappa shape index (κ2) is 3.27. The van der Waals surface area contributed by atoms with Crippen LogP contribution in [-0.2, 0) is 4.74 Å². The van der Waals surface area contributed by atoms with Gasteiger partial charge in [0.05, 0.1) is 18.6 Å². The zero-order chi connectivity index (χ0) is 8.44. The molecule has 66 valence electrons. The molecule has 0 amide bonds. The van der Waals surface area contributed by atoms with Crippen LogP contribution in [0.15, 0.2) is 0 Å². The maximum Gasteiger partial charge on any atom is 0.129 e. The normalized spacial score (nSPS) is 41.4. The number of rotatable bonds is 0. The largest absolute Gasteiger partial charge is 0.362 e. The van der Waals surface area contributed by atoms with Crippen LogP contribution in [0.5, 0.6) is 0 Å². The lowest BCUT2D eigenvalue weighted by molar-refractivity contribution is -0.000751. The molecule has 2 aliphatic rings. The summed E-state index contributed by atoms with van der Waals surface area (Å²) in [5.41, 5.74) is 0. The maximum absolute atomic E-state index is 8.97. The summed E-state index contributed by atoms with van der Waals surface area (Å²) in [7, 11) is 0. The van der Waals surface area contributed by atoms with E-state index in [1.165, 1.54) is 12.8 Å². The topological polar surface area (TPSA) is 33.0 Å². The smallest absolute Gasteiger partial charge is 0.129 e. The average molecular weight is 183 g/mol. The predicted molar refractivity (Wildman–Crippen MR) is 48.7 cm³/mol. The van der Waals surface area contributed by atoms with Crippen molar-refractivity contribution in [1.29, 1.82) is 5.26 Å². The molecule has 0 aromatic carbocycles. The highest BCUT2D eigenvalue weighted by molar-refractivity contribution is 8.00. The van der Waals surface area contributed by atoms with E-state index in [1.54, 1.807) is 0 Å². The zero-order valence-electron chi connectivity index (χ0n) is 7.08. The Hall–Kier alpha value is -0.200. The standard InChI is InChI=1S/C9H13NOS/c10-7-8-3-1-2-4-9(8)11-5-6-12-9/h8H,1-6H2. The molecule has 1 heterocycles. The van der Waals surface area contributed by atoms with Gasteiger partial charge in [0.15, 0.2) is 0 Å². The molecule has 1 spiro atoms. The molecule has 1 aliphatic heterocycles. The molecular formula is C9H13NOS. The van der Waals surface area contributed by atoms with Gasteiger partial charge in [-0.2, -0.15) is 5.26 Å². The first kappa shape index (κ1) is 8.40. The first-order valence-electron chi connectivity index (χ1n) is 4.55. The zero-order valence-corrected chi connectivity index (χ0v) is 7.90. The maximum atomic E-state index is 8.97. The first-order valence-corrected chi connectivity index (χ1v) is 5.53. The van der Waals surface area contributed by atoms with E-state index in [-0.39, 0.29) is 10.9 Å². The van der Waals surface area contributed by atoms with E-state index in [9.17, 15) is 0 Å².